The van der Waals surface area contributed by atoms with Crippen LogP contribution in [0.25, 0.3) is 10.8 Å². The van der Waals surface area contributed by atoms with Crippen LogP contribution >= 0.6 is 0 Å². The molecule has 0 spiro atoms. The highest BCUT2D eigenvalue weighted by Gasteiger charge is 2.21. The fourth-order valence-corrected chi connectivity index (χ4v) is 2.55. The Balaban J connectivity index is 2.29. The number of fused-ring (bicyclic) bond motifs is 1. The second-order valence-electron chi connectivity index (χ2n) is 4.48. The second-order valence-corrected chi connectivity index (χ2v) is 4.48. The van der Waals surface area contributed by atoms with Crippen molar-refractivity contribution < 1.29 is 4.74 Å². The van der Waals surface area contributed by atoms with E-state index in [-0.39, 0.29) is 11.7 Å². The molecular weight excluding hydrogens is 230 g/mol. The van der Waals surface area contributed by atoms with Crippen LogP contribution in [-0.4, -0.2) is 16.8 Å². The molecule has 5 nitrogen and oxygen atoms in total. The molecule has 94 valence electrons. The average Bonchev–Trinajstić information content (AvgIpc) is 2.92. The molecule has 2 aromatic rings. The molecule has 1 saturated heterocycles. The number of H-pyrrole nitrogens is 1. The van der Waals surface area contributed by atoms with Gasteiger partial charge in [0, 0.05) is 18.5 Å². The summed E-state index contributed by atoms with van der Waals surface area (Å²) in [4.78, 5) is 12.0. The zero-order chi connectivity index (χ0) is 12.5. The standard InChI is InChI=1S/C13H15N3O2/c14-7-10-8-3-1-4-9(11-5-2-6-18-11)12(8)13(17)16-15-10/h1,3-4,11H,2,5-7,14H2,(H,16,17)/t11-/m0/s1. The first-order valence-corrected chi connectivity index (χ1v) is 6.13. The van der Waals surface area contributed by atoms with Crippen LogP contribution < -0.4 is 11.3 Å². The van der Waals surface area contributed by atoms with Crippen molar-refractivity contribution in [2.45, 2.75) is 25.5 Å². The van der Waals surface area contributed by atoms with Gasteiger partial charge in [0.1, 0.15) is 0 Å². The van der Waals surface area contributed by atoms with Crippen LogP contribution in [0.5, 0.6) is 0 Å². The fourth-order valence-electron chi connectivity index (χ4n) is 2.55. The van der Waals surface area contributed by atoms with Gasteiger partial charge in [0.2, 0.25) is 0 Å². The lowest BCUT2D eigenvalue weighted by Gasteiger charge is -2.13. The molecular formula is C13H15N3O2. The van der Waals surface area contributed by atoms with Gasteiger partial charge in [-0.15, -0.1) is 0 Å². The number of aromatic amines is 1. The summed E-state index contributed by atoms with van der Waals surface area (Å²) in [5.41, 5.74) is 7.14. The molecule has 1 atom stereocenters. The maximum atomic E-state index is 12.0. The topological polar surface area (TPSA) is 81.0 Å². The van der Waals surface area contributed by atoms with Crippen molar-refractivity contribution in [2.75, 3.05) is 6.61 Å². The molecule has 1 aromatic heterocycles. The minimum Gasteiger partial charge on any atom is -0.374 e. The second kappa shape index (κ2) is 4.51. The zero-order valence-electron chi connectivity index (χ0n) is 9.98. The van der Waals surface area contributed by atoms with Crippen LogP contribution in [0.15, 0.2) is 23.0 Å². The molecule has 3 rings (SSSR count). The summed E-state index contributed by atoms with van der Waals surface area (Å²) in [5, 5.41) is 8.00. The molecule has 0 unspecified atom stereocenters. The van der Waals surface area contributed by atoms with Gasteiger partial charge in [-0.25, -0.2) is 5.10 Å². The van der Waals surface area contributed by atoms with Gasteiger partial charge in [-0.2, -0.15) is 5.10 Å². The monoisotopic (exact) mass is 245 g/mol. The Bertz CT molecular complexity index is 630. The third-order valence-corrected chi connectivity index (χ3v) is 3.40. The Kier molecular flexibility index (Phi) is 2.85. The van der Waals surface area contributed by atoms with Crippen LogP contribution in [0.4, 0.5) is 0 Å². The van der Waals surface area contributed by atoms with E-state index in [9.17, 15) is 4.79 Å². The van der Waals surface area contributed by atoms with E-state index in [0.29, 0.717) is 17.6 Å². The van der Waals surface area contributed by atoms with Crippen molar-refractivity contribution in [3.05, 3.63) is 39.8 Å². The Morgan fingerprint density at radius 2 is 2.39 bits per heavy atom. The number of hydrogen-bond acceptors (Lipinski definition) is 4. The van der Waals surface area contributed by atoms with Crippen molar-refractivity contribution >= 4 is 10.8 Å². The molecule has 1 fully saturated rings. The van der Waals surface area contributed by atoms with Crippen LogP contribution in [0, 0.1) is 0 Å². The molecule has 1 aliphatic rings. The maximum absolute atomic E-state index is 12.0. The molecule has 0 aliphatic carbocycles. The van der Waals surface area contributed by atoms with Gasteiger partial charge in [-0.05, 0) is 18.4 Å². The van der Waals surface area contributed by atoms with Crippen molar-refractivity contribution in [1.82, 2.24) is 10.2 Å². The summed E-state index contributed by atoms with van der Waals surface area (Å²) in [5.74, 6) is 0. The van der Waals surface area contributed by atoms with Gasteiger partial charge in [0.25, 0.3) is 5.56 Å². The first-order valence-electron chi connectivity index (χ1n) is 6.13. The SMILES string of the molecule is NCc1n[nH]c(=O)c2c([C@@H]3CCCO3)cccc12. The Morgan fingerprint density at radius 1 is 1.50 bits per heavy atom. The summed E-state index contributed by atoms with van der Waals surface area (Å²) in [6.45, 7) is 1.07. The lowest BCUT2D eigenvalue weighted by Crippen LogP contribution is -2.15. The normalized spacial score (nSPS) is 19.5. The first-order chi connectivity index (χ1) is 8.81. The van der Waals surface area contributed by atoms with E-state index in [1.165, 1.54) is 0 Å². The number of nitrogens with one attached hydrogen (secondary N) is 1. The van der Waals surface area contributed by atoms with E-state index in [1.54, 1.807) is 0 Å². The molecule has 5 heteroatoms. The molecule has 0 saturated carbocycles. The van der Waals surface area contributed by atoms with E-state index in [2.05, 4.69) is 10.2 Å². The first kappa shape index (κ1) is 11.4. The third kappa shape index (κ3) is 1.72. The summed E-state index contributed by atoms with van der Waals surface area (Å²) < 4.78 is 5.67. The molecule has 0 amide bonds. The lowest BCUT2D eigenvalue weighted by atomic mass is 9.99. The number of nitrogens with zero attached hydrogens (tertiary/aromatic N) is 1. The molecule has 3 N–H and O–H groups in total. The minimum atomic E-state index is -0.173. The number of aromatic nitrogens is 2. The summed E-state index contributed by atoms with van der Waals surface area (Å²) in [7, 11) is 0. The van der Waals surface area contributed by atoms with Crippen molar-refractivity contribution in [2.24, 2.45) is 5.73 Å². The van der Waals surface area contributed by atoms with Crippen LogP contribution in [-0.2, 0) is 11.3 Å². The fraction of sp³-hybridized carbons (Fsp3) is 0.385. The lowest BCUT2D eigenvalue weighted by molar-refractivity contribution is 0.113. The van der Waals surface area contributed by atoms with E-state index in [1.807, 2.05) is 18.2 Å². The van der Waals surface area contributed by atoms with E-state index < -0.39 is 0 Å². The quantitative estimate of drug-likeness (QED) is 0.834. The number of ether oxygens (including phenoxy) is 1. The molecule has 0 radical (unpaired) electrons. The number of rotatable bonds is 2. The Hall–Kier alpha value is -1.72. The van der Waals surface area contributed by atoms with Gasteiger partial charge in [0.15, 0.2) is 0 Å². The van der Waals surface area contributed by atoms with E-state index >= 15 is 0 Å². The Labute approximate surface area is 104 Å². The molecule has 18 heavy (non-hydrogen) atoms. The van der Waals surface area contributed by atoms with Gasteiger partial charge < -0.3 is 10.5 Å². The van der Waals surface area contributed by atoms with Crippen LogP contribution in [0.3, 0.4) is 0 Å². The number of hydrogen-bond donors (Lipinski definition) is 2. The van der Waals surface area contributed by atoms with Gasteiger partial charge in [-0.1, -0.05) is 18.2 Å². The molecule has 1 aliphatic heterocycles. The summed E-state index contributed by atoms with van der Waals surface area (Å²) >= 11 is 0. The number of nitrogens with two attached hydrogens (primary N) is 1. The highest BCUT2D eigenvalue weighted by atomic mass is 16.5. The van der Waals surface area contributed by atoms with Crippen LogP contribution in [0.1, 0.15) is 30.2 Å². The van der Waals surface area contributed by atoms with Crippen molar-refractivity contribution in [3.8, 4) is 0 Å². The highest BCUT2D eigenvalue weighted by molar-refractivity contribution is 5.86. The highest BCUT2D eigenvalue weighted by Crippen LogP contribution is 2.32. The predicted octanol–water partition coefficient (Wildman–Crippen LogP) is 1.23. The third-order valence-electron chi connectivity index (χ3n) is 3.40. The van der Waals surface area contributed by atoms with E-state index in [0.717, 1.165) is 30.4 Å². The molecule has 0 bridgehead atoms. The summed E-state index contributed by atoms with van der Waals surface area (Å²) in [6, 6.07) is 5.77. The van der Waals surface area contributed by atoms with Gasteiger partial charge in [0.05, 0.1) is 17.2 Å². The molecule has 1 aromatic carbocycles. The Morgan fingerprint density at radius 3 is 3.11 bits per heavy atom. The molecule has 2 heterocycles. The van der Waals surface area contributed by atoms with Crippen molar-refractivity contribution in [1.29, 1.82) is 0 Å². The zero-order valence-corrected chi connectivity index (χ0v) is 9.98. The van der Waals surface area contributed by atoms with Crippen molar-refractivity contribution in [3.63, 3.8) is 0 Å². The average molecular weight is 245 g/mol. The smallest absolute Gasteiger partial charge is 0.272 e. The minimum absolute atomic E-state index is 0.0165. The number of benzene rings is 1. The maximum Gasteiger partial charge on any atom is 0.272 e. The van der Waals surface area contributed by atoms with E-state index in [4.69, 9.17) is 10.5 Å². The van der Waals surface area contributed by atoms with Crippen LogP contribution in [0.2, 0.25) is 0 Å². The largest absolute Gasteiger partial charge is 0.374 e. The van der Waals surface area contributed by atoms with Gasteiger partial charge >= 0.3 is 0 Å². The summed E-state index contributed by atoms with van der Waals surface area (Å²) in [6.07, 6.45) is 2.01. The van der Waals surface area contributed by atoms with Gasteiger partial charge in [-0.3, -0.25) is 4.79 Å². The predicted molar refractivity (Wildman–Crippen MR) is 68.2 cm³/mol.